The van der Waals surface area contributed by atoms with Crippen LogP contribution in [0.2, 0.25) is 24.7 Å². The van der Waals surface area contributed by atoms with Crippen molar-refractivity contribution in [1.29, 1.82) is 0 Å². The molecule has 0 spiro atoms. The van der Waals surface area contributed by atoms with Crippen molar-refractivity contribution >= 4 is 32.9 Å². The van der Waals surface area contributed by atoms with E-state index in [0.29, 0.717) is 0 Å². The molecule has 39 heavy (non-hydrogen) atoms. The van der Waals surface area contributed by atoms with Crippen molar-refractivity contribution < 1.29 is 19.1 Å². The molecule has 2 rings (SSSR count). The highest BCUT2D eigenvalue weighted by Gasteiger charge is 2.52. The van der Waals surface area contributed by atoms with Gasteiger partial charge in [-0.15, -0.1) is 0 Å². The zero-order chi connectivity index (χ0) is 29.6. The maximum atomic E-state index is 12.7. The van der Waals surface area contributed by atoms with Gasteiger partial charge in [-0.1, -0.05) is 107 Å². The Balaban J connectivity index is 2.54. The summed E-state index contributed by atoms with van der Waals surface area (Å²) in [5, 5.41) is 14.6. The predicted octanol–water partition coefficient (Wildman–Crippen LogP) is 6.48. The molecule has 0 saturated carbocycles. The van der Waals surface area contributed by atoms with Crippen LogP contribution in [0.3, 0.4) is 0 Å². The average Bonchev–Trinajstić information content (AvgIpc) is 2.83. The third kappa shape index (κ3) is 7.83. The van der Waals surface area contributed by atoms with Crippen molar-refractivity contribution in [3.8, 4) is 0 Å². The molecule has 5 nitrogen and oxygen atoms in total. The van der Waals surface area contributed by atoms with E-state index >= 15 is 0 Å². The molecule has 0 unspecified atom stereocenters. The molecule has 0 aliphatic carbocycles. The van der Waals surface area contributed by atoms with Gasteiger partial charge in [0, 0.05) is 12.1 Å². The van der Waals surface area contributed by atoms with Gasteiger partial charge in [0.15, 0.2) is 0 Å². The first kappa shape index (κ1) is 32.8. The third-order valence-corrected chi connectivity index (χ3v) is 14.2. The van der Waals surface area contributed by atoms with Gasteiger partial charge in [0.2, 0.25) is 0 Å². The maximum absolute atomic E-state index is 12.7. The largest absolute Gasteiger partial charge is 0.415 e. The quantitative estimate of drug-likeness (QED) is 0.203. The second-order valence-electron chi connectivity index (χ2n) is 12.8. The fourth-order valence-electron chi connectivity index (χ4n) is 5.24. The summed E-state index contributed by atoms with van der Waals surface area (Å²) in [7, 11) is -4.94. The Labute approximate surface area is 238 Å². The Morgan fingerprint density at radius 2 is 1.31 bits per heavy atom. The van der Waals surface area contributed by atoms with E-state index in [9.17, 15) is 9.90 Å². The van der Waals surface area contributed by atoms with E-state index in [4.69, 9.17) is 9.16 Å². The smallest absolute Gasteiger partial charge is 0.410 e. The first-order chi connectivity index (χ1) is 18.0. The standard InChI is InChI=1S/C32H49NO4Si2/c1-24(2)33(25(3)4)31(35)36-23-22-29(38(9,10)11)30(34)26(5)37-39(32(6,7)8,27-18-14-12-15-19-27)28-20-16-13-17-21-28/h12-21,23-26,30,34H,1-11H3/t22?,26-,30-/m0/s1. The SMILES string of the molecule is CC(C)N(C(=O)OC=C=C([C@@H](O)[C@H](C)O[Si](c1ccccc1)(c1ccccc1)C(C)(C)C)[Si](C)(C)C)C(C)C. The molecule has 0 bridgehead atoms. The molecular weight excluding hydrogens is 519 g/mol. The highest BCUT2D eigenvalue weighted by atomic mass is 28.4. The van der Waals surface area contributed by atoms with Crippen LogP contribution in [0.25, 0.3) is 0 Å². The maximum Gasteiger partial charge on any atom is 0.415 e. The molecule has 0 fully saturated rings. The molecule has 1 amide bonds. The van der Waals surface area contributed by atoms with Crippen molar-refractivity contribution in [3.05, 3.63) is 77.9 Å². The number of nitrogens with zero attached hydrogens (tertiary/aromatic N) is 1. The summed E-state index contributed by atoms with van der Waals surface area (Å²) in [6.07, 6.45) is -0.530. The lowest BCUT2D eigenvalue weighted by Gasteiger charge is -2.45. The highest BCUT2D eigenvalue weighted by molar-refractivity contribution is 6.99. The Morgan fingerprint density at radius 1 is 0.872 bits per heavy atom. The van der Waals surface area contributed by atoms with Crippen LogP contribution in [0.15, 0.2) is 77.9 Å². The lowest BCUT2D eigenvalue weighted by atomic mass is 10.2. The van der Waals surface area contributed by atoms with Crippen molar-refractivity contribution in [3.63, 3.8) is 0 Å². The minimum Gasteiger partial charge on any atom is -0.410 e. The Morgan fingerprint density at radius 3 is 1.67 bits per heavy atom. The average molecular weight is 568 g/mol. The second-order valence-corrected chi connectivity index (χ2v) is 22.1. The number of hydrogen-bond donors (Lipinski definition) is 1. The van der Waals surface area contributed by atoms with Crippen LogP contribution < -0.4 is 10.4 Å². The zero-order valence-electron chi connectivity index (χ0n) is 25.8. The van der Waals surface area contributed by atoms with Gasteiger partial charge in [-0.05, 0) is 55.2 Å². The fraction of sp³-hybridized carbons (Fsp3) is 0.500. The van der Waals surface area contributed by atoms with Crippen molar-refractivity contribution in [2.24, 2.45) is 0 Å². The Bertz CT molecular complexity index is 1080. The minimum absolute atomic E-state index is 0.0109. The molecular formula is C32H49NO4Si2. The van der Waals surface area contributed by atoms with Crippen LogP contribution in [-0.2, 0) is 9.16 Å². The minimum atomic E-state index is -2.86. The first-order valence-electron chi connectivity index (χ1n) is 14.0. The number of ether oxygens (including phenoxy) is 1. The lowest BCUT2D eigenvalue weighted by molar-refractivity contribution is 0.0686. The molecule has 0 aromatic heterocycles. The molecule has 0 aliphatic heterocycles. The normalized spacial score (nSPS) is 14.0. The molecule has 2 atom stereocenters. The second kappa shape index (κ2) is 13.3. The summed E-state index contributed by atoms with van der Waals surface area (Å²) in [4.78, 5) is 14.4. The van der Waals surface area contributed by atoms with E-state index in [0.717, 1.165) is 15.6 Å². The number of carbonyl (C=O) groups excluding carboxylic acids is 1. The molecule has 0 radical (unpaired) electrons. The number of benzene rings is 2. The Hall–Kier alpha value is -2.42. The molecule has 1 N–H and O–H groups in total. The molecule has 2 aromatic carbocycles. The molecule has 2 aromatic rings. The summed E-state index contributed by atoms with van der Waals surface area (Å²) in [6.45, 7) is 22.9. The van der Waals surface area contributed by atoms with Gasteiger partial charge in [0.25, 0.3) is 8.32 Å². The van der Waals surface area contributed by atoms with Gasteiger partial charge in [0.05, 0.1) is 14.2 Å². The van der Waals surface area contributed by atoms with Gasteiger partial charge in [0.1, 0.15) is 12.4 Å². The summed E-state index contributed by atoms with van der Waals surface area (Å²) >= 11 is 0. The highest BCUT2D eigenvalue weighted by Crippen LogP contribution is 2.38. The number of amides is 1. The van der Waals surface area contributed by atoms with Crippen molar-refractivity contribution in [2.45, 2.75) is 104 Å². The molecule has 214 valence electrons. The number of carbonyl (C=O) groups is 1. The zero-order valence-corrected chi connectivity index (χ0v) is 27.8. The summed E-state index contributed by atoms with van der Waals surface area (Å²) < 4.78 is 12.6. The van der Waals surface area contributed by atoms with Gasteiger partial charge in [-0.3, -0.25) is 0 Å². The predicted molar refractivity (Wildman–Crippen MR) is 168 cm³/mol. The van der Waals surface area contributed by atoms with E-state index in [1.165, 1.54) is 6.26 Å². The number of aliphatic hydroxyl groups excluding tert-OH is 1. The van der Waals surface area contributed by atoms with Crippen molar-refractivity contribution in [2.75, 3.05) is 0 Å². The molecule has 0 aliphatic rings. The van der Waals surface area contributed by atoms with E-state index < -0.39 is 34.7 Å². The third-order valence-electron chi connectivity index (χ3n) is 7.03. The van der Waals surface area contributed by atoms with Crippen LogP contribution >= 0.6 is 0 Å². The van der Waals surface area contributed by atoms with Crippen molar-refractivity contribution in [1.82, 2.24) is 4.90 Å². The molecule has 7 heteroatoms. The van der Waals surface area contributed by atoms with Gasteiger partial charge in [-0.25, -0.2) is 4.79 Å². The summed E-state index contributed by atoms with van der Waals surface area (Å²) in [5.74, 6) is 0. The summed E-state index contributed by atoms with van der Waals surface area (Å²) in [6, 6.07) is 20.9. The molecule has 0 heterocycles. The van der Waals surface area contributed by atoms with Gasteiger partial charge < -0.3 is 19.2 Å². The van der Waals surface area contributed by atoms with Crippen LogP contribution in [0.5, 0.6) is 0 Å². The number of rotatable bonds is 10. The monoisotopic (exact) mass is 567 g/mol. The van der Waals surface area contributed by atoms with Gasteiger partial charge >= 0.3 is 6.09 Å². The van der Waals surface area contributed by atoms with Crippen LogP contribution in [0.4, 0.5) is 4.79 Å². The fourth-order valence-corrected chi connectivity index (χ4v) is 11.6. The van der Waals surface area contributed by atoms with Crippen LogP contribution in [-0.4, -0.2) is 56.8 Å². The van der Waals surface area contributed by atoms with E-state index in [1.807, 2.05) is 46.8 Å². The lowest BCUT2D eigenvalue weighted by Crippen LogP contribution is -2.68. The van der Waals surface area contributed by atoms with Gasteiger partial charge in [-0.2, -0.15) is 0 Å². The number of aliphatic hydroxyl groups is 1. The number of hydrogen-bond acceptors (Lipinski definition) is 4. The topological polar surface area (TPSA) is 59.0 Å². The van der Waals surface area contributed by atoms with Crippen LogP contribution in [0, 0.1) is 0 Å². The van der Waals surface area contributed by atoms with Crippen LogP contribution in [0.1, 0.15) is 55.4 Å². The Kier molecular flexibility index (Phi) is 11.2. The van der Waals surface area contributed by atoms with E-state index in [1.54, 1.807) is 4.90 Å². The van der Waals surface area contributed by atoms with E-state index in [2.05, 4.69) is 94.7 Å². The summed E-state index contributed by atoms with van der Waals surface area (Å²) in [5.41, 5.74) is 3.18. The first-order valence-corrected chi connectivity index (χ1v) is 19.4. The van der Waals surface area contributed by atoms with E-state index in [-0.39, 0.29) is 17.1 Å². The molecule has 0 saturated heterocycles.